The predicted octanol–water partition coefficient (Wildman–Crippen LogP) is 2.39. The van der Waals surface area contributed by atoms with E-state index in [1.54, 1.807) is 0 Å². The smallest absolute Gasteiger partial charge is 0.137 e. The summed E-state index contributed by atoms with van der Waals surface area (Å²) >= 11 is 0. The zero-order chi connectivity index (χ0) is 14.7. The average molecular weight is 278 g/mol. The summed E-state index contributed by atoms with van der Waals surface area (Å²) in [7, 11) is 1.92. The standard InChI is InChI=1S/C15H26N4O/c1-6-7-13-17-14(16-5)12(4)15(18-13)19-8-10(2)20-11(3)9-19/h10-11H,6-9H2,1-5H3,(H,16,17,18). The van der Waals surface area contributed by atoms with Gasteiger partial charge in [0.1, 0.15) is 17.5 Å². The van der Waals surface area contributed by atoms with Gasteiger partial charge in [-0.3, -0.25) is 0 Å². The number of aryl methyl sites for hydroxylation is 1. The topological polar surface area (TPSA) is 50.3 Å². The van der Waals surface area contributed by atoms with Crippen LogP contribution in [0.5, 0.6) is 0 Å². The first-order chi connectivity index (χ1) is 9.55. The van der Waals surface area contributed by atoms with Crippen LogP contribution in [0.1, 0.15) is 38.6 Å². The van der Waals surface area contributed by atoms with Crippen LogP contribution in [0.2, 0.25) is 0 Å². The van der Waals surface area contributed by atoms with Crippen LogP contribution in [0.15, 0.2) is 0 Å². The number of nitrogens with one attached hydrogen (secondary N) is 1. The number of aromatic nitrogens is 2. The largest absolute Gasteiger partial charge is 0.373 e. The van der Waals surface area contributed by atoms with Gasteiger partial charge in [0, 0.05) is 32.1 Å². The lowest BCUT2D eigenvalue weighted by atomic mass is 10.2. The Kier molecular flexibility index (Phi) is 4.81. The Bertz CT molecular complexity index is 453. The van der Waals surface area contributed by atoms with E-state index >= 15 is 0 Å². The van der Waals surface area contributed by atoms with E-state index < -0.39 is 0 Å². The molecule has 2 atom stereocenters. The summed E-state index contributed by atoms with van der Waals surface area (Å²) in [5.41, 5.74) is 1.12. The molecular weight excluding hydrogens is 252 g/mol. The Balaban J connectivity index is 2.35. The van der Waals surface area contributed by atoms with Crippen LogP contribution >= 0.6 is 0 Å². The minimum Gasteiger partial charge on any atom is -0.373 e. The first-order valence-electron chi connectivity index (χ1n) is 7.50. The molecule has 5 heteroatoms. The SMILES string of the molecule is CCCc1nc(NC)c(C)c(N2CC(C)OC(C)C2)n1. The van der Waals surface area contributed by atoms with Gasteiger partial charge >= 0.3 is 0 Å². The number of ether oxygens (including phenoxy) is 1. The van der Waals surface area contributed by atoms with Gasteiger partial charge in [0.15, 0.2) is 0 Å². The van der Waals surface area contributed by atoms with E-state index in [-0.39, 0.29) is 12.2 Å². The van der Waals surface area contributed by atoms with Crippen LogP contribution in [-0.2, 0) is 11.2 Å². The predicted molar refractivity (Wildman–Crippen MR) is 82.5 cm³/mol. The third-order valence-corrected chi connectivity index (χ3v) is 3.60. The van der Waals surface area contributed by atoms with Gasteiger partial charge in [-0.05, 0) is 27.2 Å². The molecule has 0 radical (unpaired) electrons. The van der Waals surface area contributed by atoms with Gasteiger partial charge in [0.2, 0.25) is 0 Å². The van der Waals surface area contributed by atoms with Gasteiger partial charge in [-0.2, -0.15) is 0 Å². The Morgan fingerprint density at radius 1 is 1.25 bits per heavy atom. The summed E-state index contributed by atoms with van der Waals surface area (Å²) in [6.45, 7) is 10.2. The number of hydrogen-bond donors (Lipinski definition) is 1. The Labute approximate surface area is 121 Å². The molecule has 1 aliphatic heterocycles. The molecule has 0 aliphatic carbocycles. The molecular formula is C15H26N4O. The molecule has 20 heavy (non-hydrogen) atoms. The van der Waals surface area contributed by atoms with Crippen molar-refractivity contribution in [2.75, 3.05) is 30.4 Å². The van der Waals surface area contributed by atoms with E-state index in [9.17, 15) is 0 Å². The summed E-state index contributed by atoms with van der Waals surface area (Å²) in [6.07, 6.45) is 2.44. The second kappa shape index (κ2) is 6.39. The van der Waals surface area contributed by atoms with E-state index in [0.717, 1.165) is 49.0 Å². The zero-order valence-electron chi connectivity index (χ0n) is 13.2. The fraction of sp³-hybridized carbons (Fsp3) is 0.733. The van der Waals surface area contributed by atoms with Crippen molar-refractivity contribution in [3.05, 3.63) is 11.4 Å². The molecule has 0 saturated carbocycles. The lowest BCUT2D eigenvalue weighted by molar-refractivity contribution is -0.00550. The highest BCUT2D eigenvalue weighted by molar-refractivity contribution is 5.58. The maximum absolute atomic E-state index is 5.81. The summed E-state index contributed by atoms with van der Waals surface area (Å²) in [5.74, 6) is 2.91. The number of hydrogen-bond acceptors (Lipinski definition) is 5. The van der Waals surface area contributed by atoms with E-state index in [4.69, 9.17) is 9.72 Å². The molecule has 1 aromatic rings. The van der Waals surface area contributed by atoms with Gasteiger partial charge in [0.25, 0.3) is 0 Å². The number of morpholine rings is 1. The highest BCUT2D eigenvalue weighted by Gasteiger charge is 2.25. The van der Waals surface area contributed by atoms with E-state index in [1.807, 2.05) is 7.05 Å². The number of nitrogens with zero attached hydrogens (tertiary/aromatic N) is 3. The van der Waals surface area contributed by atoms with Crippen LogP contribution in [0.25, 0.3) is 0 Å². The Morgan fingerprint density at radius 2 is 1.90 bits per heavy atom. The molecule has 5 nitrogen and oxygen atoms in total. The molecule has 1 aliphatic rings. The molecule has 0 bridgehead atoms. The molecule has 1 saturated heterocycles. The van der Waals surface area contributed by atoms with E-state index in [0.29, 0.717) is 0 Å². The monoisotopic (exact) mass is 278 g/mol. The van der Waals surface area contributed by atoms with Crippen LogP contribution in [-0.4, -0.2) is 42.3 Å². The maximum Gasteiger partial charge on any atom is 0.137 e. The lowest BCUT2D eigenvalue weighted by Gasteiger charge is -2.37. The summed E-state index contributed by atoms with van der Waals surface area (Å²) in [5, 5.41) is 3.19. The summed E-state index contributed by atoms with van der Waals surface area (Å²) < 4.78 is 5.81. The van der Waals surface area contributed by atoms with Crippen molar-refractivity contribution < 1.29 is 4.74 Å². The lowest BCUT2D eigenvalue weighted by Crippen LogP contribution is -2.46. The van der Waals surface area contributed by atoms with Crippen LogP contribution in [0, 0.1) is 6.92 Å². The first kappa shape index (κ1) is 15.0. The van der Waals surface area contributed by atoms with Crippen molar-refractivity contribution in [1.82, 2.24) is 9.97 Å². The van der Waals surface area contributed by atoms with Crippen molar-refractivity contribution in [1.29, 1.82) is 0 Å². The summed E-state index contributed by atoms with van der Waals surface area (Å²) in [6, 6.07) is 0. The third-order valence-electron chi connectivity index (χ3n) is 3.60. The molecule has 1 N–H and O–H groups in total. The van der Waals surface area contributed by atoms with E-state index in [2.05, 4.69) is 42.9 Å². The van der Waals surface area contributed by atoms with Crippen molar-refractivity contribution >= 4 is 11.6 Å². The fourth-order valence-electron chi connectivity index (χ4n) is 2.79. The van der Waals surface area contributed by atoms with Gasteiger partial charge < -0.3 is 15.0 Å². The van der Waals surface area contributed by atoms with Gasteiger partial charge in [-0.1, -0.05) is 6.92 Å². The third kappa shape index (κ3) is 3.20. The number of anilines is 2. The normalized spacial score (nSPS) is 22.9. The molecule has 1 fully saturated rings. The maximum atomic E-state index is 5.81. The quantitative estimate of drug-likeness (QED) is 0.916. The molecule has 0 spiro atoms. The van der Waals surface area contributed by atoms with Crippen LogP contribution < -0.4 is 10.2 Å². The molecule has 1 aromatic heterocycles. The molecule has 2 unspecified atom stereocenters. The van der Waals surface area contributed by atoms with Gasteiger partial charge in [-0.15, -0.1) is 0 Å². The van der Waals surface area contributed by atoms with E-state index in [1.165, 1.54) is 0 Å². The molecule has 2 rings (SSSR count). The van der Waals surface area contributed by atoms with Crippen LogP contribution in [0.4, 0.5) is 11.6 Å². The van der Waals surface area contributed by atoms with Crippen molar-refractivity contribution in [2.45, 2.75) is 52.7 Å². The van der Waals surface area contributed by atoms with Gasteiger partial charge in [0.05, 0.1) is 12.2 Å². The fourth-order valence-corrected chi connectivity index (χ4v) is 2.79. The second-order valence-corrected chi connectivity index (χ2v) is 5.60. The van der Waals surface area contributed by atoms with Crippen LogP contribution in [0.3, 0.4) is 0 Å². The molecule has 0 aromatic carbocycles. The first-order valence-corrected chi connectivity index (χ1v) is 7.50. The highest BCUT2D eigenvalue weighted by atomic mass is 16.5. The van der Waals surface area contributed by atoms with Crippen molar-refractivity contribution in [2.24, 2.45) is 0 Å². The molecule has 2 heterocycles. The Hall–Kier alpha value is -1.36. The minimum atomic E-state index is 0.237. The van der Waals surface area contributed by atoms with Crippen molar-refractivity contribution in [3.8, 4) is 0 Å². The highest BCUT2D eigenvalue weighted by Crippen LogP contribution is 2.26. The second-order valence-electron chi connectivity index (χ2n) is 5.60. The summed E-state index contributed by atoms with van der Waals surface area (Å²) in [4.78, 5) is 11.7. The zero-order valence-corrected chi connectivity index (χ0v) is 13.2. The molecule has 0 amide bonds. The van der Waals surface area contributed by atoms with Crippen molar-refractivity contribution in [3.63, 3.8) is 0 Å². The van der Waals surface area contributed by atoms with Gasteiger partial charge in [-0.25, -0.2) is 9.97 Å². The number of rotatable bonds is 4. The average Bonchev–Trinajstić information content (AvgIpc) is 2.39. The minimum absolute atomic E-state index is 0.237. The Morgan fingerprint density at radius 3 is 2.45 bits per heavy atom. The molecule has 112 valence electrons.